The van der Waals surface area contributed by atoms with Gasteiger partial charge in [-0.3, -0.25) is 9.59 Å². The average Bonchev–Trinajstić information content (AvgIpc) is 2.56. The number of amides is 1. The molecule has 3 N–H and O–H groups in total. The van der Waals surface area contributed by atoms with E-state index in [1.807, 2.05) is 30.4 Å². The lowest BCUT2D eigenvalue weighted by Gasteiger charge is -2.17. The Morgan fingerprint density at radius 2 is 1.57 bits per heavy atom. The fraction of sp³-hybridized carbons (Fsp3) is 0.263. The number of Topliss-reactive ketones (excluding diaryl/α,β-unsaturated/α-hetero) is 1. The monoisotopic (exact) mass is 311 g/mol. The molecule has 120 valence electrons. The SMILES string of the molecule is CC(=O)c1ccc(NC(=O)[C@H](C)[NH2+][C@@H](C)c2ccccc2)cc1. The number of nitrogens with one attached hydrogen (secondary N) is 1. The summed E-state index contributed by atoms with van der Waals surface area (Å²) in [7, 11) is 0. The van der Waals surface area contributed by atoms with Crippen molar-refractivity contribution in [2.45, 2.75) is 32.9 Å². The van der Waals surface area contributed by atoms with Crippen LogP contribution in [0.3, 0.4) is 0 Å². The maximum atomic E-state index is 12.3. The predicted molar refractivity (Wildman–Crippen MR) is 91.3 cm³/mol. The van der Waals surface area contributed by atoms with Crippen LogP contribution in [0.1, 0.15) is 42.7 Å². The number of rotatable bonds is 6. The Labute approximate surface area is 136 Å². The molecule has 0 aliphatic carbocycles. The molecule has 2 aromatic rings. The zero-order valence-electron chi connectivity index (χ0n) is 13.7. The van der Waals surface area contributed by atoms with Gasteiger partial charge in [0.2, 0.25) is 0 Å². The Bertz CT molecular complexity index is 666. The number of hydrogen-bond acceptors (Lipinski definition) is 2. The van der Waals surface area contributed by atoms with Gasteiger partial charge in [0.15, 0.2) is 11.8 Å². The summed E-state index contributed by atoms with van der Waals surface area (Å²) in [6, 6.07) is 17.1. The first kappa shape index (κ1) is 16.9. The van der Waals surface area contributed by atoms with E-state index in [0.717, 1.165) is 0 Å². The van der Waals surface area contributed by atoms with Crippen molar-refractivity contribution in [3.8, 4) is 0 Å². The van der Waals surface area contributed by atoms with Crippen molar-refractivity contribution >= 4 is 17.4 Å². The van der Waals surface area contributed by atoms with E-state index < -0.39 is 0 Å². The number of hydrogen-bond donors (Lipinski definition) is 2. The van der Waals surface area contributed by atoms with E-state index in [2.05, 4.69) is 24.4 Å². The van der Waals surface area contributed by atoms with Gasteiger partial charge in [-0.15, -0.1) is 0 Å². The summed E-state index contributed by atoms with van der Waals surface area (Å²) in [5.41, 5.74) is 2.53. The molecule has 0 fully saturated rings. The van der Waals surface area contributed by atoms with Crippen LogP contribution in [-0.2, 0) is 4.79 Å². The van der Waals surface area contributed by atoms with Gasteiger partial charge in [-0.05, 0) is 45.0 Å². The van der Waals surface area contributed by atoms with E-state index in [0.29, 0.717) is 11.3 Å². The molecular formula is C19H23N2O2+. The Kier molecular flexibility index (Phi) is 5.66. The van der Waals surface area contributed by atoms with E-state index in [1.165, 1.54) is 12.5 Å². The summed E-state index contributed by atoms with van der Waals surface area (Å²) in [6.45, 7) is 5.50. The quantitative estimate of drug-likeness (QED) is 0.805. The largest absolute Gasteiger partial charge is 0.330 e. The smallest absolute Gasteiger partial charge is 0.282 e. The van der Waals surface area contributed by atoms with Crippen molar-refractivity contribution in [3.63, 3.8) is 0 Å². The van der Waals surface area contributed by atoms with Crippen LogP contribution in [0.25, 0.3) is 0 Å². The minimum Gasteiger partial charge on any atom is -0.330 e. The summed E-state index contributed by atoms with van der Waals surface area (Å²) in [6.07, 6.45) is 0. The van der Waals surface area contributed by atoms with Gasteiger partial charge < -0.3 is 10.6 Å². The molecule has 0 bridgehead atoms. The van der Waals surface area contributed by atoms with Crippen molar-refractivity contribution in [3.05, 3.63) is 65.7 Å². The predicted octanol–water partition coefficient (Wildman–Crippen LogP) is 2.54. The molecule has 4 nitrogen and oxygen atoms in total. The lowest BCUT2D eigenvalue weighted by Crippen LogP contribution is -2.91. The van der Waals surface area contributed by atoms with Crippen LogP contribution >= 0.6 is 0 Å². The van der Waals surface area contributed by atoms with Crippen LogP contribution in [0.2, 0.25) is 0 Å². The van der Waals surface area contributed by atoms with Gasteiger partial charge in [-0.2, -0.15) is 0 Å². The standard InChI is InChI=1S/C19H22N2O2/c1-13(16-7-5-4-6-8-16)20-14(2)19(23)21-18-11-9-17(10-12-18)15(3)22/h4-14,20H,1-3H3,(H,21,23)/p+1/t13-,14-/m0/s1. The minimum atomic E-state index is -0.210. The molecule has 0 spiro atoms. The molecule has 2 rings (SSSR count). The first-order chi connectivity index (χ1) is 11.0. The summed E-state index contributed by atoms with van der Waals surface area (Å²) >= 11 is 0. The van der Waals surface area contributed by atoms with Crippen LogP contribution in [0.4, 0.5) is 5.69 Å². The van der Waals surface area contributed by atoms with Gasteiger partial charge in [-0.1, -0.05) is 30.3 Å². The summed E-state index contributed by atoms with van der Waals surface area (Å²) in [5.74, 6) is -0.0374. The summed E-state index contributed by atoms with van der Waals surface area (Å²) in [5, 5.41) is 4.92. The maximum Gasteiger partial charge on any atom is 0.282 e. The van der Waals surface area contributed by atoms with E-state index in [-0.39, 0.29) is 23.8 Å². The fourth-order valence-electron chi connectivity index (χ4n) is 2.43. The zero-order chi connectivity index (χ0) is 16.8. The number of quaternary nitrogens is 1. The third-order valence-corrected chi connectivity index (χ3v) is 3.88. The number of anilines is 1. The van der Waals surface area contributed by atoms with Gasteiger partial charge in [0.1, 0.15) is 6.04 Å². The lowest BCUT2D eigenvalue weighted by atomic mass is 10.1. The Morgan fingerprint density at radius 3 is 2.13 bits per heavy atom. The number of nitrogens with two attached hydrogens (primary N) is 1. The van der Waals surface area contributed by atoms with Gasteiger partial charge in [0.25, 0.3) is 5.91 Å². The summed E-state index contributed by atoms with van der Waals surface area (Å²) < 4.78 is 0. The van der Waals surface area contributed by atoms with E-state index in [4.69, 9.17) is 0 Å². The van der Waals surface area contributed by atoms with Crippen molar-refractivity contribution < 1.29 is 14.9 Å². The lowest BCUT2D eigenvalue weighted by molar-refractivity contribution is -0.709. The molecule has 0 aliphatic heterocycles. The third-order valence-electron chi connectivity index (χ3n) is 3.88. The normalized spacial score (nSPS) is 13.2. The van der Waals surface area contributed by atoms with E-state index in [9.17, 15) is 9.59 Å². The third kappa shape index (κ3) is 4.76. The van der Waals surface area contributed by atoms with Gasteiger partial charge in [0, 0.05) is 16.8 Å². The van der Waals surface area contributed by atoms with Crippen molar-refractivity contribution in [2.75, 3.05) is 5.32 Å². The molecule has 0 saturated carbocycles. The molecule has 0 aromatic heterocycles. The Balaban J connectivity index is 1.93. The Morgan fingerprint density at radius 1 is 0.957 bits per heavy atom. The highest BCUT2D eigenvalue weighted by atomic mass is 16.2. The topological polar surface area (TPSA) is 62.8 Å². The molecule has 2 aromatic carbocycles. The molecule has 0 aliphatic rings. The molecule has 4 heteroatoms. The van der Waals surface area contributed by atoms with Crippen LogP contribution in [-0.4, -0.2) is 17.7 Å². The highest BCUT2D eigenvalue weighted by Gasteiger charge is 2.20. The second-order valence-corrected chi connectivity index (χ2v) is 5.80. The van der Waals surface area contributed by atoms with Gasteiger partial charge >= 0.3 is 0 Å². The fourth-order valence-corrected chi connectivity index (χ4v) is 2.43. The van der Waals surface area contributed by atoms with Crippen LogP contribution in [0, 0.1) is 0 Å². The van der Waals surface area contributed by atoms with Crippen molar-refractivity contribution in [1.29, 1.82) is 0 Å². The molecule has 2 atom stereocenters. The first-order valence-corrected chi connectivity index (χ1v) is 7.79. The highest BCUT2D eigenvalue weighted by Crippen LogP contribution is 2.11. The maximum absolute atomic E-state index is 12.3. The molecule has 0 unspecified atom stereocenters. The average molecular weight is 311 g/mol. The number of carbonyl (C=O) groups is 2. The Hall–Kier alpha value is -2.46. The molecule has 23 heavy (non-hydrogen) atoms. The van der Waals surface area contributed by atoms with Crippen LogP contribution in [0.5, 0.6) is 0 Å². The first-order valence-electron chi connectivity index (χ1n) is 7.79. The molecule has 0 radical (unpaired) electrons. The van der Waals surface area contributed by atoms with Crippen LogP contribution < -0.4 is 10.6 Å². The molecule has 0 saturated heterocycles. The van der Waals surface area contributed by atoms with Crippen LogP contribution in [0.15, 0.2) is 54.6 Å². The highest BCUT2D eigenvalue weighted by molar-refractivity contribution is 5.96. The number of ketones is 1. The second-order valence-electron chi connectivity index (χ2n) is 5.80. The second kappa shape index (κ2) is 7.70. The minimum absolute atomic E-state index is 0.0151. The van der Waals surface area contributed by atoms with Crippen molar-refractivity contribution in [2.24, 2.45) is 0 Å². The van der Waals surface area contributed by atoms with E-state index in [1.54, 1.807) is 24.3 Å². The van der Waals surface area contributed by atoms with Gasteiger partial charge in [0.05, 0.1) is 0 Å². The van der Waals surface area contributed by atoms with E-state index >= 15 is 0 Å². The van der Waals surface area contributed by atoms with Gasteiger partial charge in [-0.25, -0.2) is 0 Å². The summed E-state index contributed by atoms with van der Waals surface area (Å²) in [4.78, 5) is 23.5. The molecule has 1 amide bonds. The number of carbonyl (C=O) groups excluding carboxylic acids is 2. The zero-order valence-corrected chi connectivity index (χ0v) is 13.7. The van der Waals surface area contributed by atoms with Crippen molar-refractivity contribution in [1.82, 2.24) is 0 Å². The molecular weight excluding hydrogens is 288 g/mol. The molecule has 0 heterocycles. The number of benzene rings is 2.